The van der Waals surface area contributed by atoms with Crippen molar-refractivity contribution in [2.24, 2.45) is 0 Å². The van der Waals surface area contributed by atoms with Gasteiger partial charge in [-0.25, -0.2) is 9.48 Å². The average molecular weight is 284 g/mol. The van der Waals surface area contributed by atoms with Gasteiger partial charge in [0.15, 0.2) is 11.4 Å². The van der Waals surface area contributed by atoms with Crippen LogP contribution in [0.5, 0.6) is 0 Å². The maximum atomic E-state index is 11.6. The van der Waals surface area contributed by atoms with Crippen LogP contribution in [-0.4, -0.2) is 31.3 Å². The minimum atomic E-state index is -1.03. The molecule has 0 amide bonds. The Labute approximate surface area is 119 Å². The Hall–Kier alpha value is -2.70. The number of para-hydroxylation sites is 1. The first-order chi connectivity index (χ1) is 10.2. The fourth-order valence-electron chi connectivity index (χ4n) is 2.82. The largest absolute Gasteiger partial charge is 0.479 e. The highest BCUT2D eigenvalue weighted by Gasteiger charge is 2.49. The van der Waals surface area contributed by atoms with Crippen LogP contribution in [0.4, 0.5) is 0 Å². The lowest BCUT2D eigenvalue weighted by atomic mass is 9.76. The molecule has 4 rings (SSSR count). The van der Waals surface area contributed by atoms with Gasteiger partial charge in [0.25, 0.3) is 0 Å². The van der Waals surface area contributed by atoms with Gasteiger partial charge in [0.2, 0.25) is 0 Å². The van der Waals surface area contributed by atoms with E-state index in [1.54, 1.807) is 6.26 Å². The van der Waals surface area contributed by atoms with Crippen molar-refractivity contribution in [3.63, 3.8) is 0 Å². The molecule has 0 unspecified atom stereocenters. The molecule has 1 aliphatic carbocycles. The van der Waals surface area contributed by atoms with Gasteiger partial charge in [0, 0.05) is 5.39 Å². The van der Waals surface area contributed by atoms with Crippen molar-refractivity contribution in [3.8, 4) is 11.4 Å². The van der Waals surface area contributed by atoms with Crippen LogP contribution in [0.1, 0.15) is 19.3 Å². The van der Waals surface area contributed by atoms with Gasteiger partial charge in [-0.2, -0.15) is 0 Å². The predicted octanol–water partition coefficient (Wildman–Crippen LogP) is 2.05. The Morgan fingerprint density at radius 1 is 1.33 bits per heavy atom. The van der Waals surface area contributed by atoms with Crippen molar-refractivity contribution in [2.45, 2.75) is 24.8 Å². The first kappa shape index (κ1) is 12.1. The van der Waals surface area contributed by atoms with Crippen molar-refractivity contribution in [1.29, 1.82) is 0 Å². The number of furan rings is 1. The van der Waals surface area contributed by atoms with Gasteiger partial charge in [-0.3, -0.25) is 0 Å². The SMILES string of the molecule is O=C(O)C1(n2nnnc2-c2coc3ccccc23)CCC1. The zero-order valence-electron chi connectivity index (χ0n) is 11.1. The summed E-state index contributed by atoms with van der Waals surface area (Å²) in [6.07, 6.45) is 3.51. The fraction of sp³-hybridized carbons (Fsp3) is 0.286. The lowest BCUT2D eigenvalue weighted by Crippen LogP contribution is -2.48. The molecule has 0 aliphatic heterocycles. The van der Waals surface area contributed by atoms with Crippen molar-refractivity contribution in [2.75, 3.05) is 0 Å². The number of carboxylic acids is 1. The first-order valence-corrected chi connectivity index (χ1v) is 6.71. The number of carboxylic acid groups (broad SMARTS) is 1. The van der Waals surface area contributed by atoms with Crippen LogP contribution in [0.15, 0.2) is 34.9 Å². The van der Waals surface area contributed by atoms with Crippen LogP contribution in [0.25, 0.3) is 22.4 Å². The molecule has 7 heteroatoms. The monoisotopic (exact) mass is 284 g/mol. The van der Waals surface area contributed by atoms with Crippen LogP contribution < -0.4 is 0 Å². The summed E-state index contributed by atoms with van der Waals surface area (Å²) in [5.74, 6) is -0.461. The van der Waals surface area contributed by atoms with E-state index >= 15 is 0 Å². The molecule has 1 N–H and O–H groups in total. The number of rotatable bonds is 3. The summed E-state index contributed by atoms with van der Waals surface area (Å²) in [5, 5.41) is 22.0. The second-order valence-electron chi connectivity index (χ2n) is 5.25. The molecule has 21 heavy (non-hydrogen) atoms. The molecule has 1 aliphatic rings. The highest BCUT2D eigenvalue weighted by molar-refractivity contribution is 5.92. The maximum Gasteiger partial charge on any atom is 0.331 e. The van der Waals surface area contributed by atoms with Gasteiger partial charge in [-0.05, 0) is 35.8 Å². The third kappa shape index (κ3) is 1.54. The Balaban J connectivity index is 1.92. The van der Waals surface area contributed by atoms with Gasteiger partial charge < -0.3 is 9.52 Å². The van der Waals surface area contributed by atoms with Crippen LogP contribution in [0, 0.1) is 0 Å². The number of benzene rings is 1. The smallest absolute Gasteiger partial charge is 0.331 e. The summed E-state index contributed by atoms with van der Waals surface area (Å²) in [5.41, 5.74) is 0.403. The summed E-state index contributed by atoms with van der Waals surface area (Å²) in [6, 6.07) is 7.53. The Morgan fingerprint density at radius 2 is 2.14 bits per heavy atom. The molecule has 2 aromatic heterocycles. The van der Waals surface area contributed by atoms with E-state index in [1.807, 2.05) is 24.3 Å². The van der Waals surface area contributed by atoms with Gasteiger partial charge in [0.05, 0.1) is 5.56 Å². The van der Waals surface area contributed by atoms with E-state index in [-0.39, 0.29) is 0 Å². The number of hydrogen-bond acceptors (Lipinski definition) is 5. The normalized spacial score (nSPS) is 16.8. The number of tetrazole rings is 1. The molecule has 1 saturated carbocycles. The fourth-order valence-corrected chi connectivity index (χ4v) is 2.82. The second-order valence-corrected chi connectivity index (χ2v) is 5.25. The zero-order chi connectivity index (χ0) is 14.4. The molecule has 3 aromatic rings. The topological polar surface area (TPSA) is 94.0 Å². The highest BCUT2D eigenvalue weighted by atomic mass is 16.4. The molecule has 1 fully saturated rings. The number of fused-ring (bicyclic) bond motifs is 1. The number of aliphatic carboxylic acids is 1. The Morgan fingerprint density at radius 3 is 2.86 bits per heavy atom. The van der Waals surface area contributed by atoms with Crippen LogP contribution in [-0.2, 0) is 10.3 Å². The quantitative estimate of drug-likeness (QED) is 0.791. The Bertz CT molecular complexity index is 831. The Kier molecular flexibility index (Phi) is 2.38. The van der Waals surface area contributed by atoms with Crippen molar-refractivity contribution < 1.29 is 14.3 Å². The van der Waals surface area contributed by atoms with E-state index in [1.165, 1.54) is 4.68 Å². The molecule has 0 spiro atoms. The summed E-state index contributed by atoms with van der Waals surface area (Å²) >= 11 is 0. The van der Waals surface area contributed by atoms with E-state index in [0.29, 0.717) is 24.2 Å². The molecule has 2 heterocycles. The predicted molar refractivity (Wildman–Crippen MR) is 72.5 cm³/mol. The minimum Gasteiger partial charge on any atom is -0.479 e. The number of nitrogens with zero attached hydrogens (tertiary/aromatic N) is 4. The second kappa shape index (κ2) is 4.15. The summed E-state index contributed by atoms with van der Waals surface area (Å²) in [6.45, 7) is 0. The lowest BCUT2D eigenvalue weighted by molar-refractivity contribution is -0.153. The molecule has 0 atom stereocenters. The number of aromatic nitrogens is 4. The van der Waals surface area contributed by atoms with Crippen molar-refractivity contribution in [1.82, 2.24) is 20.2 Å². The zero-order valence-corrected chi connectivity index (χ0v) is 11.1. The van der Waals surface area contributed by atoms with E-state index in [4.69, 9.17) is 4.42 Å². The van der Waals surface area contributed by atoms with Crippen LogP contribution >= 0.6 is 0 Å². The molecule has 0 saturated heterocycles. The van der Waals surface area contributed by atoms with Gasteiger partial charge in [0.1, 0.15) is 11.8 Å². The van der Waals surface area contributed by atoms with Crippen LogP contribution in [0.2, 0.25) is 0 Å². The summed E-state index contributed by atoms with van der Waals surface area (Å²) in [7, 11) is 0. The van der Waals surface area contributed by atoms with E-state index in [9.17, 15) is 9.90 Å². The molecule has 0 radical (unpaired) electrons. The summed E-state index contributed by atoms with van der Waals surface area (Å²) in [4.78, 5) is 11.6. The molecule has 7 nitrogen and oxygen atoms in total. The standard InChI is InChI=1S/C14H12N4O3/c19-13(20)14(6-3-7-14)18-12(15-16-17-18)10-8-21-11-5-2-1-4-9(10)11/h1-2,4-5,8H,3,6-7H2,(H,19,20). The first-order valence-electron chi connectivity index (χ1n) is 6.71. The third-order valence-corrected chi connectivity index (χ3v) is 4.18. The minimum absolute atomic E-state index is 0.432. The molecular weight excluding hydrogens is 272 g/mol. The van der Waals surface area contributed by atoms with E-state index in [0.717, 1.165) is 17.4 Å². The molecular formula is C14H12N4O3. The van der Waals surface area contributed by atoms with Crippen molar-refractivity contribution in [3.05, 3.63) is 30.5 Å². The molecule has 0 bridgehead atoms. The third-order valence-electron chi connectivity index (χ3n) is 4.18. The van der Waals surface area contributed by atoms with Crippen LogP contribution in [0.3, 0.4) is 0 Å². The van der Waals surface area contributed by atoms with E-state index in [2.05, 4.69) is 15.5 Å². The lowest BCUT2D eigenvalue weighted by Gasteiger charge is -2.37. The average Bonchev–Trinajstić information content (AvgIpc) is 3.03. The highest BCUT2D eigenvalue weighted by Crippen LogP contribution is 2.41. The molecule has 106 valence electrons. The maximum absolute atomic E-state index is 11.6. The summed E-state index contributed by atoms with van der Waals surface area (Å²) < 4.78 is 6.92. The number of hydrogen-bond donors (Lipinski definition) is 1. The number of carbonyl (C=O) groups is 1. The molecule has 1 aromatic carbocycles. The van der Waals surface area contributed by atoms with Gasteiger partial charge in [-0.15, -0.1) is 5.10 Å². The van der Waals surface area contributed by atoms with Crippen molar-refractivity contribution >= 4 is 16.9 Å². The van der Waals surface area contributed by atoms with Gasteiger partial charge >= 0.3 is 5.97 Å². The van der Waals surface area contributed by atoms with E-state index < -0.39 is 11.5 Å². The van der Waals surface area contributed by atoms with Gasteiger partial charge in [-0.1, -0.05) is 18.2 Å².